The monoisotopic (exact) mass is 300 g/mol. The summed E-state index contributed by atoms with van der Waals surface area (Å²) in [6.07, 6.45) is 5.80. The summed E-state index contributed by atoms with van der Waals surface area (Å²) >= 11 is 0. The Morgan fingerprint density at radius 2 is 1.86 bits per heavy atom. The van der Waals surface area contributed by atoms with Crippen LogP contribution < -0.4 is 10.2 Å². The second kappa shape index (κ2) is 6.21. The summed E-state index contributed by atoms with van der Waals surface area (Å²) in [6.45, 7) is 5.87. The minimum absolute atomic E-state index is 0.0547. The third kappa shape index (κ3) is 2.93. The Morgan fingerprint density at radius 1 is 1.18 bits per heavy atom. The molecule has 2 fully saturated rings. The third-order valence-electron chi connectivity index (χ3n) is 5.39. The molecule has 4 nitrogen and oxygen atoms in total. The Kier molecular flexibility index (Phi) is 4.30. The van der Waals surface area contributed by atoms with Crippen LogP contribution in [0.1, 0.15) is 53.3 Å². The lowest BCUT2D eigenvalue weighted by atomic mass is 9.71. The van der Waals surface area contributed by atoms with Crippen LogP contribution in [0.4, 0.5) is 5.69 Å². The van der Waals surface area contributed by atoms with Gasteiger partial charge in [0, 0.05) is 29.9 Å². The number of nitrogens with zero attached hydrogens (tertiary/aromatic N) is 1. The van der Waals surface area contributed by atoms with Crippen molar-refractivity contribution in [3.63, 3.8) is 0 Å². The van der Waals surface area contributed by atoms with Gasteiger partial charge in [0.1, 0.15) is 0 Å². The molecule has 0 bridgehead atoms. The molecule has 1 aromatic rings. The van der Waals surface area contributed by atoms with Crippen LogP contribution in [0, 0.1) is 5.41 Å². The molecule has 3 rings (SSSR count). The van der Waals surface area contributed by atoms with Gasteiger partial charge in [-0.15, -0.1) is 0 Å². The van der Waals surface area contributed by atoms with Crippen molar-refractivity contribution in [1.82, 2.24) is 5.32 Å². The molecule has 0 atom stereocenters. The van der Waals surface area contributed by atoms with Gasteiger partial charge in [0.05, 0.1) is 0 Å². The third-order valence-corrected chi connectivity index (χ3v) is 5.39. The summed E-state index contributed by atoms with van der Waals surface area (Å²) in [6, 6.07) is 5.63. The van der Waals surface area contributed by atoms with Crippen LogP contribution in [0.25, 0.3) is 0 Å². The van der Waals surface area contributed by atoms with Crippen LogP contribution in [-0.2, 0) is 0 Å². The summed E-state index contributed by atoms with van der Waals surface area (Å²) in [5.74, 6) is -0.0547. The molecule has 4 heteroatoms. The van der Waals surface area contributed by atoms with Crippen molar-refractivity contribution in [3.8, 4) is 0 Å². The number of anilines is 1. The highest BCUT2D eigenvalue weighted by molar-refractivity contribution is 6.02. The van der Waals surface area contributed by atoms with Gasteiger partial charge in [0.15, 0.2) is 12.1 Å². The van der Waals surface area contributed by atoms with Crippen LogP contribution in [0.3, 0.4) is 0 Å². The first-order valence-corrected chi connectivity index (χ1v) is 8.19. The maximum absolute atomic E-state index is 11.5. The van der Waals surface area contributed by atoms with Crippen LogP contribution in [0.2, 0.25) is 0 Å². The zero-order valence-electron chi connectivity index (χ0n) is 13.2. The fraction of sp³-hybridized carbons (Fsp3) is 0.556. The molecule has 1 spiro atoms. The highest BCUT2D eigenvalue weighted by Crippen LogP contribution is 2.40. The van der Waals surface area contributed by atoms with E-state index in [1.165, 1.54) is 32.6 Å². The number of hydrogen-bond donors (Lipinski definition) is 1. The lowest BCUT2D eigenvalue weighted by molar-refractivity contribution is 0.101. The number of ketones is 1. The van der Waals surface area contributed by atoms with Crippen molar-refractivity contribution >= 4 is 17.8 Å². The number of carbonyl (C=O) groups excluding carboxylic acids is 2. The molecular weight excluding hydrogens is 276 g/mol. The summed E-state index contributed by atoms with van der Waals surface area (Å²) in [4.78, 5) is 25.1. The molecule has 0 aliphatic carbocycles. The summed E-state index contributed by atoms with van der Waals surface area (Å²) in [7, 11) is 0. The SMILES string of the molecule is CC(=O)c1ccc(N2CCC3(CCNCC3)CC2)cc1C=O. The van der Waals surface area contributed by atoms with Crippen molar-refractivity contribution in [3.05, 3.63) is 29.3 Å². The lowest BCUT2D eigenvalue weighted by Gasteiger charge is -2.45. The summed E-state index contributed by atoms with van der Waals surface area (Å²) in [5.41, 5.74) is 2.61. The van der Waals surface area contributed by atoms with Gasteiger partial charge in [-0.05, 0) is 69.3 Å². The average molecular weight is 300 g/mol. The minimum atomic E-state index is -0.0547. The van der Waals surface area contributed by atoms with E-state index >= 15 is 0 Å². The molecule has 2 aliphatic heterocycles. The fourth-order valence-corrected chi connectivity index (χ4v) is 3.86. The molecule has 2 saturated heterocycles. The topological polar surface area (TPSA) is 49.4 Å². The Bertz CT molecular complexity index is 566. The van der Waals surface area contributed by atoms with Gasteiger partial charge in [0.25, 0.3) is 0 Å². The van der Waals surface area contributed by atoms with Gasteiger partial charge in [-0.25, -0.2) is 0 Å². The van der Waals surface area contributed by atoms with E-state index in [1.807, 2.05) is 12.1 Å². The minimum Gasteiger partial charge on any atom is -0.371 e. The van der Waals surface area contributed by atoms with E-state index < -0.39 is 0 Å². The molecule has 0 amide bonds. The van der Waals surface area contributed by atoms with E-state index in [-0.39, 0.29) is 5.78 Å². The van der Waals surface area contributed by atoms with Crippen LogP contribution >= 0.6 is 0 Å². The number of aldehydes is 1. The number of rotatable bonds is 3. The number of carbonyl (C=O) groups is 2. The van der Waals surface area contributed by atoms with Crippen LogP contribution in [0.15, 0.2) is 18.2 Å². The van der Waals surface area contributed by atoms with E-state index in [0.29, 0.717) is 16.5 Å². The molecule has 2 aliphatic rings. The van der Waals surface area contributed by atoms with E-state index in [2.05, 4.69) is 10.2 Å². The number of piperidine rings is 2. The van der Waals surface area contributed by atoms with Crippen molar-refractivity contribution in [1.29, 1.82) is 0 Å². The Labute approximate surface area is 131 Å². The van der Waals surface area contributed by atoms with Crippen molar-refractivity contribution in [2.45, 2.75) is 32.6 Å². The van der Waals surface area contributed by atoms with Gasteiger partial charge in [-0.3, -0.25) is 9.59 Å². The molecule has 1 N–H and O–H groups in total. The molecule has 0 aromatic heterocycles. The predicted octanol–water partition coefficient (Wildman–Crippen LogP) is 2.67. The highest BCUT2D eigenvalue weighted by Gasteiger charge is 2.35. The number of hydrogen-bond acceptors (Lipinski definition) is 4. The Hall–Kier alpha value is -1.68. The van der Waals surface area contributed by atoms with E-state index in [4.69, 9.17) is 0 Å². The quantitative estimate of drug-likeness (QED) is 0.689. The van der Waals surface area contributed by atoms with Crippen LogP contribution in [-0.4, -0.2) is 38.2 Å². The van der Waals surface area contributed by atoms with E-state index in [1.54, 1.807) is 6.07 Å². The van der Waals surface area contributed by atoms with Gasteiger partial charge in [-0.1, -0.05) is 0 Å². The highest BCUT2D eigenvalue weighted by atomic mass is 16.1. The lowest BCUT2D eigenvalue weighted by Crippen LogP contribution is -2.45. The first-order valence-electron chi connectivity index (χ1n) is 8.19. The average Bonchev–Trinajstić information content (AvgIpc) is 2.55. The largest absolute Gasteiger partial charge is 0.371 e. The molecule has 22 heavy (non-hydrogen) atoms. The van der Waals surface area contributed by atoms with Crippen LogP contribution in [0.5, 0.6) is 0 Å². The molecule has 118 valence electrons. The molecule has 0 unspecified atom stereocenters. The Morgan fingerprint density at radius 3 is 2.45 bits per heavy atom. The Balaban J connectivity index is 1.73. The normalized spacial score (nSPS) is 20.9. The standard InChI is InChI=1S/C18H24N2O2/c1-14(22)17-3-2-16(12-15(17)13-21)20-10-6-18(7-11-20)4-8-19-9-5-18/h2-3,12-13,19H,4-11H2,1H3. The van der Waals surface area contributed by atoms with Crippen molar-refractivity contribution < 1.29 is 9.59 Å². The maximum atomic E-state index is 11.5. The molecule has 0 radical (unpaired) electrons. The van der Waals surface area contributed by atoms with Gasteiger partial charge in [0.2, 0.25) is 0 Å². The summed E-state index contributed by atoms with van der Waals surface area (Å²) < 4.78 is 0. The zero-order chi connectivity index (χ0) is 15.6. The molecular formula is C18H24N2O2. The van der Waals surface area contributed by atoms with E-state index in [0.717, 1.165) is 38.2 Å². The van der Waals surface area contributed by atoms with E-state index in [9.17, 15) is 9.59 Å². The molecule has 1 aromatic carbocycles. The van der Waals surface area contributed by atoms with Crippen molar-refractivity contribution in [2.24, 2.45) is 5.41 Å². The molecule has 0 saturated carbocycles. The fourth-order valence-electron chi connectivity index (χ4n) is 3.86. The molecule has 2 heterocycles. The second-order valence-electron chi connectivity index (χ2n) is 6.68. The summed E-state index contributed by atoms with van der Waals surface area (Å²) in [5, 5.41) is 3.45. The number of nitrogens with one attached hydrogen (secondary N) is 1. The predicted molar refractivity (Wildman–Crippen MR) is 87.8 cm³/mol. The number of Topliss-reactive ketones (excluding diaryl/α,β-unsaturated/α-hetero) is 1. The smallest absolute Gasteiger partial charge is 0.160 e. The van der Waals surface area contributed by atoms with Gasteiger partial charge >= 0.3 is 0 Å². The maximum Gasteiger partial charge on any atom is 0.160 e. The second-order valence-corrected chi connectivity index (χ2v) is 6.68. The van der Waals surface area contributed by atoms with Gasteiger partial charge < -0.3 is 10.2 Å². The zero-order valence-corrected chi connectivity index (χ0v) is 13.2. The van der Waals surface area contributed by atoms with Gasteiger partial charge in [-0.2, -0.15) is 0 Å². The first-order chi connectivity index (χ1) is 10.6. The van der Waals surface area contributed by atoms with Crippen molar-refractivity contribution in [2.75, 3.05) is 31.1 Å². The number of benzene rings is 1. The first kappa shape index (κ1) is 15.2.